The monoisotopic (exact) mass is 371 g/mol. The number of primary sulfonamides is 1. The Kier molecular flexibility index (Phi) is 4.60. The second kappa shape index (κ2) is 5.94. The molecular weight excluding hydrogens is 354 g/mol. The predicted octanol–water partition coefficient (Wildman–Crippen LogP) is 3.30. The molecule has 0 fully saturated rings. The van der Waals surface area contributed by atoms with E-state index in [0.29, 0.717) is 5.75 Å². The lowest BCUT2D eigenvalue weighted by Crippen LogP contribution is -2.33. The zero-order valence-corrected chi connectivity index (χ0v) is 14.4. The van der Waals surface area contributed by atoms with Crippen LogP contribution in [0.3, 0.4) is 0 Å². The summed E-state index contributed by atoms with van der Waals surface area (Å²) < 4.78 is 29.1. The van der Waals surface area contributed by atoms with Crippen molar-refractivity contribution in [1.82, 2.24) is 0 Å². The highest BCUT2D eigenvalue weighted by Crippen LogP contribution is 2.26. The lowest BCUT2D eigenvalue weighted by Gasteiger charge is -2.23. The van der Waals surface area contributed by atoms with Crippen LogP contribution in [0.5, 0.6) is 5.75 Å². The van der Waals surface area contributed by atoms with Crippen LogP contribution in [-0.4, -0.2) is 20.8 Å². The number of hydrogen-bond donors (Lipinski definition) is 1. The van der Waals surface area contributed by atoms with E-state index in [4.69, 9.17) is 9.88 Å². The first-order chi connectivity index (χ1) is 9.65. The van der Waals surface area contributed by atoms with Gasteiger partial charge in [0.1, 0.15) is 5.75 Å². The number of benzene rings is 2. The summed E-state index contributed by atoms with van der Waals surface area (Å²) in [5.74, 6) is 0.605. The van der Waals surface area contributed by atoms with E-state index in [-0.39, 0.29) is 12.4 Å². The van der Waals surface area contributed by atoms with Gasteiger partial charge in [-0.25, -0.2) is 13.6 Å². The minimum Gasteiger partial charge on any atom is -0.493 e. The van der Waals surface area contributed by atoms with Crippen molar-refractivity contribution in [3.05, 3.63) is 40.9 Å². The van der Waals surface area contributed by atoms with Crippen molar-refractivity contribution in [3.63, 3.8) is 0 Å². The molecule has 0 aliphatic heterocycles. The fraction of sp³-hybridized carbons (Fsp3) is 0.333. The topological polar surface area (TPSA) is 69.4 Å². The number of fused-ring (bicyclic) bond motifs is 1. The molecule has 0 heterocycles. The molecular formula is C15H18BrNO3S. The fourth-order valence-corrected chi connectivity index (χ4v) is 3.70. The zero-order valence-electron chi connectivity index (χ0n) is 12.0. The molecule has 2 aromatic carbocycles. The summed E-state index contributed by atoms with van der Waals surface area (Å²) in [5.41, 5.74) is -0.539. The van der Waals surface area contributed by atoms with Crippen molar-refractivity contribution in [2.45, 2.75) is 13.8 Å². The van der Waals surface area contributed by atoms with E-state index in [1.165, 1.54) is 0 Å². The predicted molar refractivity (Wildman–Crippen MR) is 88.9 cm³/mol. The number of halogens is 1. The first kappa shape index (κ1) is 16.3. The lowest BCUT2D eigenvalue weighted by atomic mass is 9.98. The van der Waals surface area contributed by atoms with Gasteiger partial charge in [-0.1, -0.05) is 41.9 Å². The standard InChI is InChI=1S/C15H18BrNO3S/c1-15(2,10-21(17,18)19)9-20-14-6-4-11-7-13(16)5-3-12(11)8-14/h3-8H,9-10H2,1-2H3,(H2,17,18,19). The van der Waals surface area contributed by atoms with Crippen LogP contribution in [-0.2, 0) is 10.0 Å². The van der Waals surface area contributed by atoms with Crippen molar-refractivity contribution in [2.75, 3.05) is 12.4 Å². The average Bonchev–Trinajstić information content (AvgIpc) is 2.33. The van der Waals surface area contributed by atoms with E-state index in [9.17, 15) is 8.42 Å². The van der Waals surface area contributed by atoms with E-state index in [0.717, 1.165) is 15.2 Å². The Morgan fingerprint density at radius 2 is 1.76 bits per heavy atom. The van der Waals surface area contributed by atoms with Crippen LogP contribution >= 0.6 is 15.9 Å². The third-order valence-corrected chi connectivity index (χ3v) is 4.67. The number of sulfonamides is 1. The molecule has 6 heteroatoms. The Morgan fingerprint density at radius 3 is 2.43 bits per heavy atom. The molecule has 2 rings (SSSR count). The number of nitrogens with two attached hydrogens (primary N) is 1. The summed E-state index contributed by atoms with van der Waals surface area (Å²) in [6.45, 7) is 3.91. The Morgan fingerprint density at radius 1 is 1.14 bits per heavy atom. The van der Waals surface area contributed by atoms with Crippen LogP contribution in [0.25, 0.3) is 10.8 Å². The molecule has 0 aromatic heterocycles. The molecule has 0 bridgehead atoms. The Hall–Kier alpha value is -1.11. The molecule has 114 valence electrons. The largest absolute Gasteiger partial charge is 0.493 e. The molecule has 0 aliphatic carbocycles. The molecule has 0 atom stereocenters. The van der Waals surface area contributed by atoms with E-state index in [1.807, 2.05) is 50.2 Å². The lowest BCUT2D eigenvalue weighted by molar-refractivity contribution is 0.200. The van der Waals surface area contributed by atoms with Crippen molar-refractivity contribution in [3.8, 4) is 5.75 Å². The second-order valence-corrected chi connectivity index (χ2v) is 8.44. The van der Waals surface area contributed by atoms with Gasteiger partial charge in [0, 0.05) is 9.89 Å². The zero-order chi connectivity index (χ0) is 15.7. The van der Waals surface area contributed by atoms with Gasteiger partial charge in [-0.15, -0.1) is 0 Å². The van der Waals surface area contributed by atoms with Crippen molar-refractivity contribution >= 4 is 36.7 Å². The third kappa shape index (κ3) is 4.98. The van der Waals surface area contributed by atoms with Crippen LogP contribution in [0.2, 0.25) is 0 Å². The maximum atomic E-state index is 11.2. The van der Waals surface area contributed by atoms with Crippen LogP contribution < -0.4 is 9.88 Å². The van der Waals surface area contributed by atoms with E-state index in [1.54, 1.807) is 0 Å². The first-order valence-corrected chi connectivity index (χ1v) is 8.98. The maximum absolute atomic E-state index is 11.2. The van der Waals surface area contributed by atoms with Gasteiger partial charge in [0.2, 0.25) is 10.0 Å². The molecule has 0 amide bonds. The minimum absolute atomic E-state index is 0.111. The maximum Gasteiger partial charge on any atom is 0.209 e. The molecule has 0 saturated heterocycles. The summed E-state index contributed by atoms with van der Waals surface area (Å²) in [7, 11) is -3.51. The Labute approximate surface area is 133 Å². The smallest absolute Gasteiger partial charge is 0.209 e. The average molecular weight is 372 g/mol. The number of rotatable bonds is 5. The molecule has 0 saturated carbocycles. The highest BCUT2D eigenvalue weighted by molar-refractivity contribution is 9.10. The van der Waals surface area contributed by atoms with Gasteiger partial charge in [-0.3, -0.25) is 0 Å². The van der Waals surface area contributed by atoms with Crippen LogP contribution in [0.1, 0.15) is 13.8 Å². The molecule has 0 unspecified atom stereocenters. The SMILES string of the molecule is CC(C)(COc1ccc2cc(Br)ccc2c1)CS(N)(=O)=O. The second-order valence-electron chi connectivity index (χ2n) is 5.91. The molecule has 2 aromatic rings. The number of hydrogen-bond acceptors (Lipinski definition) is 3. The summed E-state index contributed by atoms with van der Waals surface area (Å²) in [6.07, 6.45) is 0. The van der Waals surface area contributed by atoms with Crippen LogP contribution in [0.15, 0.2) is 40.9 Å². The van der Waals surface area contributed by atoms with Gasteiger partial charge < -0.3 is 4.74 Å². The van der Waals surface area contributed by atoms with E-state index >= 15 is 0 Å². The molecule has 21 heavy (non-hydrogen) atoms. The van der Waals surface area contributed by atoms with Gasteiger partial charge in [0.25, 0.3) is 0 Å². The third-order valence-electron chi connectivity index (χ3n) is 3.00. The summed E-state index contributed by atoms with van der Waals surface area (Å²) in [5, 5.41) is 7.27. The van der Waals surface area contributed by atoms with Gasteiger partial charge in [0.05, 0.1) is 12.4 Å². The van der Waals surface area contributed by atoms with Gasteiger partial charge in [-0.2, -0.15) is 0 Å². The van der Waals surface area contributed by atoms with Crippen LogP contribution in [0.4, 0.5) is 0 Å². The Balaban J connectivity index is 2.11. The van der Waals surface area contributed by atoms with E-state index in [2.05, 4.69) is 15.9 Å². The van der Waals surface area contributed by atoms with Gasteiger partial charge >= 0.3 is 0 Å². The summed E-state index contributed by atoms with van der Waals surface area (Å²) in [6, 6.07) is 11.8. The van der Waals surface area contributed by atoms with Crippen LogP contribution in [0, 0.1) is 5.41 Å². The van der Waals surface area contributed by atoms with E-state index < -0.39 is 15.4 Å². The van der Waals surface area contributed by atoms with Crippen molar-refractivity contribution in [2.24, 2.45) is 10.6 Å². The molecule has 4 nitrogen and oxygen atoms in total. The molecule has 2 N–H and O–H groups in total. The van der Waals surface area contributed by atoms with Crippen molar-refractivity contribution < 1.29 is 13.2 Å². The highest BCUT2D eigenvalue weighted by atomic mass is 79.9. The first-order valence-electron chi connectivity index (χ1n) is 6.47. The summed E-state index contributed by atoms with van der Waals surface area (Å²) in [4.78, 5) is 0. The molecule has 0 aliphatic rings. The molecule has 0 spiro atoms. The fourth-order valence-electron chi connectivity index (χ4n) is 2.15. The van der Waals surface area contributed by atoms with Crippen molar-refractivity contribution in [1.29, 1.82) is 0 Å². The highest BCUT2D eigenvalue weighted by Gasteiger charge is 2.25. The quantitative estimate of drug-likeness (QED) is 0.876. The Bertz CT molecular complexity index is 757. The normalized spacial score (nSPS) is 12.6. The van der Waals surface area contributed by atoms with Gasteiger partial charge in [-0.05, 0) is 35.0 Å². The van der Waals surface area contributed by atoms with Gasteiger partial charge in [0.15, 0.2) is 0 Å². The number of ether oxygens (including phenoxy) is 1. The minimum atomic E-state index is -3.51. The molecule has 0 radical (unpaired) electrons. The summed E-state index contributed by atoms with van der Waals surface area (Å²) >= 11 is 3.44.